The second kappa shape index (κ2) is 16.2. The average Bonchev–Trinajstić information content (AvgIpc) is 3.43. The summed E-state index contributed by atoms with van der Waals surface area (Å²) in [4.78, 5) is 0. The van der Waals surface area contributed by atoms with Crippen molar-refractivity contribution in [1.82, 2.24) is 0 Å². The summed E-state index contributed by atoms with van der Waals surface area (Å²) >= 11 is -3.09. The standard InChI is InChI=1S/2C20H21O.C6H10.2ClH.Zr/c2*1-3-4-6-15-13-17-7-5-8-19(20(17)14-15)16-9-11-18(21-2)12-10-16;1-2-4-6-5-3-1;;;/h2*5,7-14H,3-4,6H2,1-2H3;1-2H,3-6H2;2*1H;/q;;;;;+2/p-2. The Balaban J connectivity index is 0.00000224. The molecule has 3 aliphatic carbocycles. The van der Waals surface area contributed by atoms with E-state index in [1.165, 1.54) is 97.6 Å². The van der Waals surface area contributed by atoms with Crippen molar-refractivity contribution in [2.45, 2.75) is 92.6 Å². The fraction of sp³-hybridized carbons (Fsp3) is 0.391. The molecule has 0 aromatic heterocycles. The van der Waals surface area contributed by atoms with E-state index in [0.717, 1.165) is 18.8 Å². The molecule has 51 heavy (non-hydrogen) atoms. The topological polar surface area (TPSA) is 18.5 Å². The van der Waals surface area contributed by atoms with Gasteiger partial charge in [-0.3, -0.25) is 0 Å². The minimum absolute atomic E-state index is 0. The zero-order chi connectivity index (χ0) is 33.5. The van der Waals surface area contributed by atoms with Crippen LogP contribution in [0.1, 0.15) is 108 Å². The number of hydrogen-bond acceptors (Lipinski definition) is 2. The van der Waals surface area contributed by atoms with Gasteiger partial charge in [0.2, 0.25) is 0 Å². The SMILES string of the molecule is CCCCC1=Cc2c(-c3ccc(OC)cc3)cccc2[CH]1[Zr+2]1([CH]2C(CCCC)=Cc3c(-c4ccc(OC)cc4)cccc32)[CH]2CCCC[CH]21.[Cl-].[Cl-]. The Bertz CT molecular complexity index is 1750. The van der Waals surface area contributed by atoms with E-state index in [-0.39, 0.29) is 24.8 Å². The third kappa shape index (κ3) is 6.53. The first-order chi connectivity index (χ1) is 24.1. The second-order valence-corrected chi connectivity index (χ2v) is 26.5. The number of fused-ring (bicyclic) bond motifs is 3. The van der Waals surface area contributed by atoms with E-state index < -0.39 is 20.3 Å². The number of rotatable bonds is 12. The van der Waals surface area contributed by atoms with E-state index in [2.05, 4.69) is 111 Å². The molecular weight excluding hydrogens is 747 g/mol. The average molecular weight is 799 g/mol. The first kappa shape index (κ1) is 38.2. The molecule has 0 radical (unpaired) electrons. The Morgan fingerprint density at radius 2 is 0.980 bits per heavy atom. The van der Waals surface area contributed by atoms with Gasteiger partial charge in [-0.05, 0) is 0 Å². The fourth-order valence-corrected chi connectivity index (χ4v) is 33.8. The monoisotopic (exact) mass is 796 g/mol. The Labute approximate surface area is 323 Å². The minimum atomic E-state index is -3.09. The first-order valence-electron chi connectivity index (χ1n) is 19.1. The Morgan fingerprint density at radius 1 is 0.569 bits per heavy atom. The van der Waals surface area contributed by atoms with Crippen LogP contribution in [0.2, 0.25) is 7.25 Å². The predicted octanol–water partition coefficient (Wildman–Crippen LogP) is 7.32. The summed E-state index contributed by atoms with van der Waals surface area (Å²) in [5, 5.41) is 0. The summed E-state index contributed by atoms with van der Waals surface area (Å²) in [6.07, 6.45) is 18.8. The van der Waals surface area contributed by atoms with Gasteiger partial charge in [-0.1, -0.05) is 0 Å². The van der Waals surface area contributed by atoms with Crippen molar-refractivity contribution in [1.29, 1.82) is 0 Å². The van der Waals surface area contributed by atoms with Crippen molar-refractivity contribution in [2.24, 2.45) is 0 Å². The molecule has 2 nitrogen and oxygen atoms in total. The molecular formula is C46H52Cl2O2Zr. The normalized spacial score (nSPS) is 22.6. The molecule has 4 aromatic rings. The number of unbranched alkanes of at least 4 members (excludes halogenated alkanes) is 2. The van der Waals surface area contributed by atoms with Crippen LogP contribution in [0.25, 0.3) is 34.4 Å². The molecule has 0 bridgehead atoms. The predicted molar refractivity (Wildman–Crippen MR) is 203 cm³/mol. The summed E-state index contributed by atoms with van der Waals surface area (Å²) in [5.74, 6) is 1.84. The van der Waals surface area contributed by atoms with Crippen LogP contribution in [0.5, 0.6) is 11.5 Å². The molecule has 0 amide bonds. The van der Waals surface area contributed by atoms with E-state index >= 15 is 0 Å². The largest absolute Gasteiger partial charge is 1.00 e. The van der Waals surface area contributed by atoms with Crippen LogP contribution >= 0.6 is 0 Å². The summed E-state index contributed by atoms with van der Waals surface area (Å²) in [7, 11) is 3.52. The molecule has 4 aromatic carbocycles. The summed E-state index contributed by atoms with van der Waals surface area (Å²) < 4.78 is 14.4. The third-order valence-corrected chi connectivity index (χ3v) is 29.7. The number of hydrogen-bond donors (Lipinski definition) is 0. The maximum Gasteiger partial charge on any atom is -1.00 e. The van der Waals surface area contributed by atoms with Crippen molar-refractivity contribution in [2.75, 3.05) is 14.2 Å². The van der Waals surface area contributed by atoms with Crippen LogP contribution in [-0.2, 0) is 20.3 Å². The van der Waals surface area contributed by atoms with Crippen LogP contribution in [0, 0.1) is 0 Å². The maximum atomic E-state index is 5.54. The van der Waals surface area contributed by atoms with E-state index in [1.54, 1.807) is 36.5 Å². The zero-order valence-corrected chi connectivity index (χ0v) is 34.7. The fourth-order valence-electron chi connectivity index (χ4n) is 10.6. The minimum Gasteiger partial charge on any atom is -1.00 e. The van der Waals surface area contributed by atoms with Gasteiger partial charge in [0.25, 0.3) is 0 Å². The summed E-state index contributed by atoms with van der Waals surface area (Å²) in [5.41, 5.74) is 15.4. The van der Waals surface area contributed by atoms with Crippen LogP contribution < -0.4 is 34.3 Å². The molecule has 2 fully saturated rings. The molecule has 5 heteroatoms. The second-order valence-electron chi connectivity index (χ2n) is 15.1. The van der Waals surface area contributed by atoms with Gasteiger partial charge >= 0.3 is 301 Å². The van der Waals surface area contributed by atoms with Gasteiger partial charge in [-0.2, -0.15) is 0 Å². The van der Waals surface area contributed by atoms with Gasteiger partial charge in [0.1, 0.15) is 0 Å². The molecule has 266 valence electrons. The van der Waals surface area contributed by atoms with Gasteiger partial charge in [0, 0.05) is 0 Å². The van der Waals surface area contributed by atoms with Gasteiger partial charge in [-0.15, -0.1) is 0 Å². The Kier molecular flexibility index (Phi) is 12.1. The molecule has 1 saturated carbocycles. The number of benzene rings is 4. The summed E-state index contributed by atoms with van der Waals surface area (Å²) in [6.45, 7) is 4.74. The Morgan fingerprint density at radius 3 is 1.35 bits per heavy atom. The van der Waals surface area contributed by atoms with E-state index in [4.69, 9.17) is 9.47 Å². The van der Waals surface area contributed by atoms with Gasteiger partial charge in [0.05, 0.1) is 0 Å². The molecule has 4 atom stereocenters. The van der Waals surface area contributed by atoms with Crippen molar-refractivity contribution in [3.05, 3.63) is 118 Å². The number of ether oxygens (including phenoxy) is 2. The van der Waals surface area contributed by atoms with Crippen LogP contribution in [0.3, 0.4) is 0 Å². The van der Waals surface area contributed by atoms with Gasteiger partial charge in [-0.25, -0.2) is 0 Å². The van der Waals surface area contributed by atoms with Crippen LogP contribution in [0.4, 0.5) is 0 Å². The third-order valence-electron chi connectivity index (χ3n) is 12.7. The molecule has 1 saturated heterocycles. The first-order valence-corrected chi connectivity index (χ1v) is 24.8. The van der Waals surface area contributed by atoms with Crippen molar-refractivity contribution in [3.8, 4) is 33.8 Å². The number of halogens is 2. The smallest absolute Gasteiger partial charge is 1.00 e. The van der Waals surface area contributed by atoms with Gasteiger partial charge < -0.3 is 24.8 Å². The number of allylic oxidation sites excluding steroid dienone is 2. The molecule has 0 spiro atoms. The van der Waals surface area contributed by atoms with Gasteiger partial charge in [0.15, 0.2) is 0 Å². The molecule has 0 N–H and O–H groups in total. The molecule has 4 unspecified atom stereocenters. The summed E-state index contributed by atoms with van der Waals surface area (Å²) in [6, 6.07) is 32.2. The molecule has 1 heterocycles. The van der Waals surface area contributed by atoms with Crippen molar-refractivity contribution < 1.29 is 54.6 Å². The van der Waals surface area contributed by atoms with E-state index in [1.807, 2.05) is 0 Å². The molecule has 8 rings (SSSR count). The number of methoxy groups -OCH3 is 2. The maximum absolute atomic E-state index is 5.54. The quantitative estimate of drug-likeness (QED) is 0.150. The zero-order valence-electron chi connectivity index (χ0n) is 30.7. The van der Waals surface area contributed by atoms with Crippen LogP contribution in [-0.4, -0.2) is 14.2 Å². The van der Waals surface area contributed by atoms with Crippen molar-refractivity contribution in [3.63, 3.8) is 0 Å². The molecule has 1 aliphatic heterocycles. The molecule has 4 aliphatic rings. The van der Waals surface area contributed by atoms with E-state index in [9.17, 15) is 0 Å². The van der Waals surface area contributed by atoms with E-state index in [0.29, 0.717) is 7.25 Å². The van der Waals surface area contributed by atoms with Crippen LogP contribution in [0.15, 0.2) is 96.1 Å². The Hall–Kier alpha value is -2.58. The van der Waals surface area contributed by atoms with Crippen molar-refractivity contribution >= 4 is 12.2 Å².